The molecule has 0 saturated heterocycles. The molecule has 2 N–H and O–H groups in total. The average molecular weight is 360 g/mol. The highest BCUT2D eigenvalue weighted by Gasteiger charge is 2.31. The topological polar surface area (TPSA) is 69.6 Å². The highest BCUT2D eigenvalue weighted by atomic mass is 19.4. The van der Waals surface area contributed by atoms with Gasteiger partial charge in [-0.2, -0.15) is 13.2 Å². The number of hydrogen-bond donors (Lipinski definition) is 2. The van der Waals surface area contributed by atoms with Gasteiger partial charge >= 0.3 is 18.2 Å². The zero-order valence-corrected chi connectivity index (χ0v) is 14.6. The number of urea groups is 1. The number of halogens is 3. The van der Waals surface area contributed by atoms with Crippen molar-refractivity contribution in [1.82, 2.24) is 10.2 Å². The molecule has 140 valence electrons. The molecule has 25 heavy (non-hydrogen) atoms. The Balaban J connectivity index is 2.68. The number of carbonyl (C=O) groups excluding carboxylic acids is 1. The predicted octanol–water partition coefficient (Wildman–Crippen LogP) is 3.35. The van der Waals surface area contributed by atoms with E-state index in [9.17, 15) is 22.8 Å². The van der Waals surface area contributed by atoms with Crippen molar-refractivity contribution in [3.05, 3.63) is 35.4 Å². The fourth-order valence-electron chi connectivity index (χ4n) is 2.22. The van der Waals surface area contributed by atoms with Crippen molar-refractivity contribution in [1.29, 1.82) is 0 Å². The molecule has 1 rings (SSSR count). The van der Waals surface area contributed by atoms with Crippen molar-refractivity contribution >= 4 is 12.0 Å². The van der Waals surface area contributed by atoms with Crippen LogP contribution in [0.1, 0.15) is 31.9 Å². The van der Waals surface area contributed by atoms with Crippen molar-refractivity contribution in [3.63, 3.8) is 0 Å². The van der Waals surface area contributed by atoms with E-state index in [4.69, 9.17) is 5.11 Å². The number of nitrogens with zero attached hydrogens (tertiary/aromatic N) is 1. The van der Waals surface area contributed by atoms with Gasteiger partial charge in [-0.1, -0.05) is 32.9 Å². The van der Waals surface area contributed by atoms with Gasteiger partial charge in [-0.3, -0.25) is 4.79 Å². The molecule has 8 heteroatoms. The molecule has 0 aliphatic heterocycles. The number of benzene rings is 1. The molecule has 1 aromatic rings. The maximum absolute atomic E-state index is 12.6. The average Bonchev–Trinajstić information content (AvgIpc) is 2.51. The second-order valence-corrected chi connectivity index (χ2v) is 6.74. The monoisotopic (exact) mass is 360 g/mol. The fourth-order valence-corrected chi connectivity index (χ4v) is 2.22. The summed E-state index contributed by atoms with van der Waals surface area (Å²) in [6.45, 7) is 5.36. The first-order chi connectivity index (χ1) is 11.3. The molecule has 0 spiro atoms. The number of aliphatic carboxylic acids is 1. The molecule has 0 aliphatic carbocycles. The van der Waals surface area contributed by atoms with Crippen molar-refractivity contribution in [2.75, 3.05) is 20.1 Å². The number of carboxylic acids is 1. The highest BCUT2D eigenvalue weighted by molar-refractivity contribution is 5.75. The van der Waals surface area contributed by atoms with Crippen LogP contribution in [-0.4, -0.2) is 42.1 Å². The number of carbonyl (C=O) groups is 2. The lowest BCUT2D eigenvalue weighted by Crippen LogP contribution is -2.45. The maximum Gasteiger partial charge on any atom is 0.416 e. The predicted molar refractivity (Wildman–Crippen MR) is 87.3 cm³/mol. The SMILES string of the molecule is CC(CN(C)C(=O)NCC(C)(C)c1ccc(C(F)(F)F)cc1)C(=O)O. The van der Waals surface area contributed by atoms with Crippen molar-refractivity contribution in [2.45, 2.75) is 32.4 Å². The summed E-state index contributed by atoms with van der Waals surface area (Å²) >= 11 is 0. The van der Waals surface area contributed by atoms with Crippen LogP contribution in [0.5, 0.6) is 0 Å². The van der Waals surface area contributed by atoms with Gasteiger partial charge in [0, 0.05) is 25.6 Å². The molecule has 1 unspecified atom stereocenters. The summed E-state index contributed by atoms with van der Waals surface area (Å²) in [6.07, 6.45) is -4.39. The largest absolute Gasteiger partial charge is 0.481 e. The van der Waals surface area contributed by atoms with Gasteiger partial charge in [-0.25, -0.2) is 4.79 Å². The van der Waals surface area contributed by atoms with Crippen molar-refractivity contribution < 1.29 is 27.9 Å². The van der Waals surface area contributed by atoms with E-state index in [-0.39, 0.29) is 13.1 Å². The fraction of sp³-hybridized carbons (Fsp3) is 0.529. The molecule has 2 amide bonds. The number of rotatable bonds is 6. The third-order valence-corrected chi connectivity index (χ3v) is 3.99. The van der Waals surface area contributed by atoms with E-state index in [1.54, 1.807) is 13.8 Å². The van der Waals surface area contributed by atoms with E-state index in [1.165, 1.54) is 31.0 Å². The van der Waals surface area contributed by atoms with Crippen LogP contribution < -0.4 is 5.32 Å². The standard InChI is InChI=1S/C17H23F3N2O3/c1-11(14(23)24)9-22(4)15(25)21-10-16(2,3)12-5-7-13(8-6-12)17(18,19)20/h5-8,11H,9-10H2,1-4H3,(H,21,25)(H,23,24). The minimum absolute atomic E-state index is 0.0574. The summed E-state index contributed by atoms with van der Waals surface area (Å²) in [7, 11) is 1.49. The van der Waals surface area contributed by atoms with Crippen LogP contribution in [0.15, 0.2) is 24.3 Å². The van der Waals surface area contributed by atoms with Gasteiger partial charge in [-0.15, -0.1) is 0 Å². The minimum atomic E-state index is -4.39. The lowest BCUT2D eigenvalue weighted by molar-refractivity contribution is -0.141. The van der Waals surface area contributed by atoms with Crippen LogP contribution in [0.25, 0.3) is 0 Å². The zero-order chi connectivity index (χ0) is 19.4. The molecule has 0 radical (unpaired) electrons. The van der Waals surface area contributed by atoms with Gasteiger partial charge in [0.1, 0.15) is 0 Å². The molecule has 0 fully saturated rings. The molecule has 0 saturated carbocycles. The molecule has 0 aromatic heterocycles. The lowest BCUT2D eigenvalue weighted by atomic mass is 9.84. The first-order valence-corrected chi connectivity index (χ1v) is 7.74. The molecule has 5 nitrogen and oxygen atoms in total. The van der Waals surface area contributed by atoms with Crippen molar-refractivity contribution in [2.24, 2.45) is 5.92 Å². The van der Waals surface area contributed by atoms with Gasteiger partial charge in [0.15, 0.2) is 0 Å². The van der Waals surface area contributed by atoms with Gasteiger partial charge in [0.05, 0.1) is 11.5 Å². The Hall–Kier alpha value is -2.25. The second kappa shape index (κ2) is 7.76. The summed E-state index contributed by atoms with van der Waals surface area (Å²) in [6, 6.07) is 4.38. The van der Waals surface area contributed by atoms with Crippen molar-refractivity contribution in [3.8, 4) is 0 Å². The molecule has 0 aliphatic rings. The number of amides is 2. The normalized spacial score (nSPS) is 13.2. The van der Waals surface area contributed by atoms with E-state index in [1.807, 2.05) is 0 Å². The Morgan fingerprint density at radius 1 is 1.16 bits per heavy atom. The third-order valence-electron chi connectivity index (χ3n) is 3.99. The van der Waals surface area contributed by atoms with Gasteiger partial charge < -0.3 is 15.3 Å². The molecule has 0 bridgehead atoms. The molecule has 0 heterocycles. The second-order valence-electron chi connectivity index (χ2n) is 6.74. The van der Waals surface area contributed by atoms with Crippen LogP contribution in [0, 0.1) is 5.92 Å². The highest BCUT2D eigenvalue weighted by Crippen LogP contribution is 2.31. The van der Waals surface area contributed by atoms with E-state index in [2.05, 4.69) is 5.32 Å². The summed E-state index contributed by atoms with van der Waals surface area (Å²) in [4.78, 5) is 24.1. The van der Waals surface area contributed by atoms with Gasteiger partial charge in [-0.05, 0) is 17.7 Å². The van der Waals surface area contributed by atoms with Gasteiger partial charge in [0.2, 0.25) is 0 Å². The van der Waals surface area contributed by atoms with Crippen LogP contribution >= 0.6 is 0 Å². The van der Waals surface area contributed by atoms with Gasteiger partial charge in [0.25, 0.3) is 0 Å². The number of carboxylic acid groups (broad SMARTS) is 1. The minimum Gasteiger partial charge on any atom is -0.481 e. The lowest BCUT2D eigenvalue weighted by Gasteiger charge is -2.28. The number of hydrogen-bond acceptors (Lipinski definition) is 2. The summed E-state index contributed by atoms with van der Waals surface area (Å²) < 4.78 is 37.8. The summed E-state index contributed by atoms with van der Waals surface area (Å²) in [5.41, 5.74) is -0.653. The van der Waals surface area contributed by atoms with Crippen LogP contribution in [0.4, 0.5) is 18.0 Å². The Kier molecular flexibility index (Phi) is 6.45. The van der Waals surface area contributed by atoms with E-state index >= 15 is 0 Å². The third kappa shape index (κ3) is 5.95. The zero-order valence-electron chi connectivity index (χ0n) is 14.6. The molecular formula is C17H23F3N2O3. The number of alkyl halides is 3. The maximum atomic E-state index is 12.6. The molecule has 1 atom stereocenters. The van der Waals surface area contributed by atoms with Crippen LogP contribution in [0.2, 0.25) is 0 Å². The summed E-state index contributed by atoms with van der Waals surface area (Å²) in [5, 5.41) is 11.5. The van der Waals surface area contributed by atoms with Crippen LogP contribution in [-0.2, 0) is 16.4 Å². The molecular weight excluding hydrogens is 337 g/mol. The first kappa shape index (κ1) is 20.8. The Morgan fingerprint density at radius 3 is 2.08 bits per heavy atom. The molecule has 1 aromatic carbocycles. The smallest absolute Gasteiger partial charge is 0.416 e. The summed E-state index contributed by atoms with van der Waals surface area (Å²) in [5.74, 6) is -1.69. The Labute approximate surface area is 144 Å². The first-order valence-electron chi connectivity index (χ1n) is 7.74. The number of nitrogens with one attached hydrogen (secondary N) is 1. The van der Waals surface area contributed by atoms with E-state index in [0.717, 1.165) is 12.1 Å². The van der Waals surface area contributed by atoms with E-state index in [0.29, 0.717) is 5.56 Å². The Bertz CT molecular complexity index is 613. The van der Waals surface area contributed by atoms with E-state index < -0.39 is 35.1 Å². The quantitative estimate of drug-likeness (QED) is 0.817. The Morgan fingerprint density at radius 2 is 1.64 bits per heavy atom. The van der Waals surface area contributed by atoms with Crippen LogP contribution in [0.3, 0.4) is 0 Å².